The van der Waals surface area contributed by atoms with Crippen LogP contribution in [0.2, 0.25) is 0 Å². The van der Waals surface area contributed by atoms with Crippen LogP contribution in [0.25, 0.3) is 0 Å². The molecule has 0 saturated heterocycles. The first-order valence-corrected chi connectivity index (χ1v) is 12.0. The van der Waals surface area contributed by atoms with Gasteiger partial charge in [0.05, 0.1) is 0 Å². The number of carbonyl (C=O) groups excluding carboxylic acids is 3. The van der Waals surface area contributed by atoms with Crippen molar-refractivity contribution in [1.82, 2.24) is 0 Å². The maximum absolute atomic E-state index is 11.7. The van der Waals surface area contributed by atoms with Gasteiger partial charge in [-0.1, -0.05) is 96.8 Å². The van der Waals surface area contributed by atoms with Crippen molar-refractivity contribution >= 4 is 55.6 Å². The van der Waals surface area contributed by atoms with Crippen LogP contribution in [0.3, 0.4) is 0 Å². The first kappa shape index (κ1) is 33.0. The van der Waals surface area contributed by atoms with E-state index in [-0.39, 0.29) is 44.2 Å². The molecule has 0 aliphatic carbocycles. The minimum absolute atomic E-state index is 0. The molecule has 2 unspecified atom stereocenters. The van der Waals surface area contributed by atoms with Crippen LogP contribution in [-0.2, 0) is 23.9 Å². The summed E-state index contributed by atoms with van der Waals surface area (Å²) in [4.78, 5) is 34.6. The molecule has 0 aromatic heterocycles. The van der Waals surface area contributed by atoms with Crippen LogP contribution in [0.1, 0.15) is 124 Å². The monoisotopic (exact) mass is 470 g/mol. The van der Waals surface area contributed by atoms with E-state index in [0.717, 1.165) is 12.8 Å². The molecule has 7 heteroatoms. The number of ether oxygens (including phenoxy) is 2. The van der Waals surface area contributed by atoms with Gasteiger partial charge in [-0.2, -0.15) is 0 Å². The van der Waals surface area contributed by atoms with E-state index < -0.39 is 30.1 Å². The van der Waals surface area contributed by atoms with Gasteiger partial charge in [-0.3, -0.25) is 4.79 Å². The first-order valence-electron chi connectivity index (χ1n) is 12.0. The Morgan fingerprint density at radius 3 is 1.45 bits per heavy atom. The van der Waals surface area contributed by atoms with Gasteiger partial charge < -0.3 is 14.6 Å². The summed E-state index contributed by atoms with van der Waals surface area (Å²) in [5.41, 5.74) is 0. The molecule has 0 amide bonds. The summed E-state index contributed by atoms with van der Waals surface area (Å²) in [5.74, 6) is -2.43. The van der Waals surface area contributed by atoms with Crippen molar-refractivity contribution in [3.63, 3.8) is 0 Å². The molecule has 2 atom stereocenters. The van der Waals surface area contributed by atoms with Gasteiger partial charge in [0.1, 0.15) is 6.10 Å². The Balaban J connectivity index is 0. The van der Waals surface area contributed by atoms with E-state index >= 15 is 0 Å². The van der Waals surface area contributed by atoms with E-state index in [1.165, 1.54) is 90.9 Å². The quantitative estimate of drug-likeness (QED) is 0.127. The zero-order valence-electron chi connectivity index (χ0n) is 19.5. The number of hydrogen-bond acceptors (Lipinski definition) is 6. The van der Waals surface area contributed by atoms with Crippen LogP contribution >= 0.6 is 0 Å². The van der Waals surface area contributed by atoms with Gasteiger partial charge in [0.2, 0.25) is 0 Å². The Hall–Kier alpha value is -0.170. The number of aliphatic hydroxyl groups is 1. The molecule has 0 aliphatic heterocycles. The molecule has 0 radical (unpaired) electrons. The van der Waals surface area contributed by atoms with Crippen LogP contribution in [0.5, 0.6) is 0 Å². The number of rotatable bonds is 19. The third-order valence-corrected chi connectivity index (χ3v) is 5.16. The third kappa shape index (κ3) is 21.4. The summed E-state index contributed by atoms with van der Waals surface area (Å²) in [7, 11) is 0. The van der Waals surface area contributed by atoms with Gasteiger partial charge in [0, 0.05) is 6.42 Å². The molecule has 0 bridgehead atoms. The standard InChI is InChI=1S/C24H44O6.Ca.2H/c1-4-5-6-7-8-9-10-11-12-13-14-15-16-17-18-19-22(26)30-24(28)21(3)29-23(27)20(2)25;;;/h20-21,25H,4-19H2,1-3H3;;;. The summed E-state index contributed by atoms with van der Waals surface area (Å²) >= 11 is 0. The van der Waals surface area contributed by atoms with E-state index in [2.05, 4.69) is 16.4 Å². The number of carbonyl (C=O) groups is 3. The average Bonchev–Trinajstić information content (AvgIpc) is 2.70. The molecule has 0 spiro atoms. The molecule has 1 N–H and O–H groups in total. The summed E-state index contributed by atoms with van der Waals surface area (Å²) in [6.07, 6.45) is 16.3. The molecule has 0 aromatic carbocycles. The average molecular weight is 471 g/mol. The van der Waals surface area contributed by atoms with Gasteiger partial charge >= 0.3 is 55.6 Å². The summed E-state index contributed by atoms with van der Waals surface area (Å²) < 4.78 is 9.37. The molecule has 0 heterocycles. The molecule has 0 aromatic rings. The summed E-state index contributed by atoms with van der Waals surface area (Å²) in [6.45, 7) is 4.80. The molecule has 0 fully saturated rings. The zero-order valence-corrected chi connectivity index (χ0v) is 19.5. The summed E-state index contributed by atoms with van der Waals surface area (Å²) in [5, 5.41) is 9.04. The van der Waals surface area contributed by atoms with E-state index in [1.54, 1.807) is 0 Å². The predicted molar refractivity (Wildman–Crippen MR) is 126 cm³/mol. The van der Waals surface area contributed by atoms with Gasteiger partial charge in [-0.15, -0.1) is 0 Å². The normalized spacial score (nSPS) is 12.5. The molecule has 0 saturated carbocycles. The zero-order chi connectivity index (χ0) is 22.6. The van der Waals surface area contributed by atoms with Gasteiger partial charge in [-0.05, 0) is 20.3 Å². The van der Waals surface area contributed by atoms with Crippen molar-refractivity contribution in [2.24, 2.45) is 0 Å². The molecule has 180 valence electrons. The Labute approximate surface area is 219 Å². The Morgan fingerprint density at radius 1 is 0.677 bits per heavy atom. The fourth-order valence-electron chi connectivity index (χ4n) is 3.21. The van der Waals surface area contributed by atoms with E-state index in [4.69, 9.17) is 5.11 Å². The molecule has 0 rings (SSSR count). The second kappa shape index (κ2) is 23.0. The number of esters is 3. The minimum atomic E-state index is -1.32. The number of hydrogen-bond donors (Lipinski definition) is 1. The second-order valence-corrected chi connectivity index (χ2v) is 8.25. The van der Waals surface area contributed by atoms with Crippen LogP contribution in [-0.4, -0.2) is 73.0 Å². The number of aliphatic hydroxyl groups excluding tert-OH is 1. The van der Waals surface area contributed by atoms with Crippen LogP contribution in [0, 0.1) is 0 Å². The van der Waals surface area contributed by atoms with Crippen molar-refractivity contribution in [1.29, 1.82) is 0 Å². The van der Waals surface area contributed by atoms with Crippen molar-refractivity contribution in [3.05, 3.63) is 0 Å². The Bertz CT molecular complexity index is 467. The van der Waals surface area contributed by atoms with E-state index in [9.17, 15) is 14.4 Å². The Kier molecular flexibility index (Phi) is 24.5. The van der Waals surface area contributed by atoms with Gasteiger partial charge in [0.25, 0.3) is 0 Å². The predicted octanol–water partition coefficient (Wildman–Crippen LogP) is 4.71. The summed E-state index contributed by atoms with van der Waals surface area (Å²) in [6, 6.07) is 0. The van der Waals surface area contributed by atoms with Gasteiger partial charge in [0.15, 0.2) is 6.10 Å². The molecule has 31 heavy (non-hydrogen) atoms. The third-order valence-electron chi connectivity index (χ3n) is 5.16. The van der Waals surface area contributed by atoms with Crippen LogP contribution < -0.4 is 0 Å². The number of unbranched alkanes of at least 4 members (excludes halogenated alkanes) is 14. The second-order valence-electron chi connectivity index (χ2n) is 8.25. The first-order chi connectivity index (χ1) is 14.4. The Morgan fingerprint density at radius 2 is 1.06 bits per heavy atom. The molecular formula is C24H46CaO6. The SMILES string of the molecule is CCCCCCCCCCCCCCCCCC(=O)OC(=O)C(C)OC(=O)C(C)O.[CaH2]. The van der Waals surface area contributed by atoms with Crippen molar-refractivity contribution < 1.29 is 29.0 Å². The van der Waals surface area contributed by atoms with Crippen molar-refractivity contribution in [2.45, 2.75) is 136 Å². The van der Waals surface area contributed by atoms with Crippen LogP contribution in [0.15, 0.2) is 0 Å². The van der Waals surface area contributed by atoms with E-state index in [0.29, 0.717) is 6.42 Å². The van der Waals surface area contributed by atoms with E-state index in [1.807, 2.05) is 0 Å². The van der Waals surface area contributed by atoms with Crippen LogP contribution in [0.4, 0.5) is 0 Å². The fraction of sp³-hybridized carbons (Fsp3) is 0.875. The molecular weight excluding hydrogens is 424 g/mol. The topological polar surface area (TPSA) is 89.9 Å². The van der Waals surface area contributed by atoms with Crippen molar-refractivity contribution in [3.8, 4) is 0 Å². The van der Waals surface area contributed by atoms with Crippen molar-refractivity contribution in [2.75, 3.05) is 0 Å². The van der Waals surface area contributed by atoms with Gasteiger partial charge in [-0.25, -0.2) is 9.59 Å². The maximum atomic E-state index is 11.7. The molecule has 0 aliphatic rings. The fourth-order valence-corrected chi connectivity index (χ4v) is 3.21. The molecule has 6 nitrogen and oxygen atoms in total.